The van der Waals surface area contributed by atoms with Gasteiger partial charge < -0.3 is 25.9 Å². The van der Waals surface area contributed by atoms with Gasteiger partial charge in [-0.05, 0) is 24.3 Å². The van der Waals surface area contributed by atoms with Crippen molar-refractivity contribution in [3.8, 4) is 5.75 Å². The van der Waals surface area contributed by atoms with Crippen molar-refractivity contribution < 1.29 is 14.7 Å². The van der Waals surface area contributed by atoms with Gasteiger partial charge >= 0.3 is 6.03 Å². The maximum absolute atomic E-state index is 11.8. The van der Waals surface area contributed by atoms with Gasteiger partial charge in [0.25, 0.3) is 0 Å². The zero-order chi connectivity index (χ0) is 14.3. The van der Waals surface area contributed by atoms with E-state index in [1.807, 2.05) is 0 Å². The molecule has 0 fully saturated rings. The van der Waals surface area contributed by atoms with E-state index in [1.54, 1.807) is 38.4 Å². The lowest BCUT2D eigenvalue weighted by atomic mass is 10.3. The van der Waals surface area contributed by atoms with Gasteiger partial charge in [-0.25, -0.2) is 4.79 Å². The number of anilines is 1. The number of amides is 2. The van der Waals surface area contributed by atoms with Crippen LogP contribution in [0.15, 0.2) is 29.4 Å². The van der Waals surface area contributed by atoms with Crippen molar-refractivity contribution in [1.82, 2.24) is 4.90 Å². The van der Waals surface area contributed by atoms with E-state index in [9.17, 15) is 4.79 Å². The first kappa shape index (κ1) is 14.6. The first-order chi connectivity index (χ1) is 9.06. The van der Waals surface area contributed by atoms with Gasteiger partial charge in [0.05, 0.1) is 7.11 Å². The molecule has 7 heteroatoms. The summed E-state index contributed by atoms with van der Waals surface area (Å²) in [6.07, 6.45) is 0.309. The first-order valence-electron chi connectivity index (χ1n) is 5.69. The first-order valence-corrected chi connectivity index (χ1v) is 5.69. The Balaban J connectivity index is 2.48. The predicted octanol–water partition coefficient (Wildman–Crippen LogP) is 1.30. The minimum Gasteiger partial charge on any atom is -0.497 e. The Labute approximate surface area is 111 Å². The number of ether oxygens (including phenoxy) is 1. The summed E-state index contributed by atoms with van der Waals surface area (Å²) in [6, 6.07) is 6.73. The van der Waals surface area contributed by atoms with Gasteiger partial charge in [0.15, 0.2) is 0 Å². The average Bonchev–Trinajstić information content (AvgIpc) is 2.44. The summed E-state index contributed by atoms with van der Waals surface area (Å²) in [4.78, 5) is 13.3. The topological polar surface area (TPSA) is 100 Å². The molecule has 0 atom stereocenters. The molecule has 1 aromatic carbocycles. The van der Waals surface area contributed by atoms with Gasteiger partial charge in [0.1, 0.15) is 11.6 Å². The van der Waals surface area contributed by atoms with E-state index in [0.29, 0.717) is 18.7 Å². The molecule has 104 valence electrons. The molecule has 0 spiro atoms. The normalized spacial score (nSPS) is 10.9. The molecule has 2 amide bonds. The lowest BCUT2D eigenvalue weighted by Crippen LogP contribution is -2.34. The summed E-state index contributed by atoms with van der Waals surface area (Å²) in [5, 5.41) is 14.0. The van der Waals surface area contributed by atoms with Gasteiger partial charge in [-0.3, -0.25) is 0 Å². The predicted molar refractivity (Wildman–Crippen MR) is 72.7 cm³/mol. The molecule has 0 saturated carbocycles. The van der Waals surface area contributed by atoms with Crippen LogP contribution in [0.1, 0.15) is 6.42 Å². The molecular weight excluding hydrogens is 248 g/mol. The number of urea groups is 1. The lowest BCUT2D eigenvalue weighted by Gasteiger charge is -2.17. The Morgan fingerprint density at radius 3 is 2.63 bits per heavy atom. The highest BCUT2D eigenvalue weighted by atomic mass is 16.5. The number of hydrogen-bond acceptors (Lipinski definition) is 4. The van der Waals surface area contributed by atoms with Crippen molar-refractivity contribution in [2.45, 2.75) is 6.42 Å². The van der Waals surface area contributed by atoms with Crippen LogP contribution in [0.4, 0.5) is 10.5 Å². The van der Waals surface area contributed by atoms with Gasteiger partial charge in [0.2, 0.25) is 0 Å². The fraction of sp³-hybridized carbons (Fsp3) is 0.333. The van der Waals surface area contributed by atoms with E-state index in [0.717, 1.165) is 5.75 Å². The van der Waals surface area contributed by atoms with Crippen LogP contribution in [0.2, 0.25) is 0 Å². The number of nitrogens with one attached hydrogen (secondary N) is 1. The molecule has 0 aliphatic carbocycles. The molecule has 1 aromatic rings. The number of methoxy groups -OCH3 is 1. The molecule has 0 aliphatic rings. The molecule has 0 aliphatic heterocycles. The van der Waals surface area contributed by atoms with E-state index in [4.69, 9.17) is 15.7 Å². The van der Waals surface area contributed by atoms with Crippen molar-refractivity contribution in [3.05, 3.63) is 24.3 Å². The van der Waals surface area contributed by atoms with Crippen molar-refractivity contribution in [3.63, 3.8) is 0 Å². The second-order valence-electron chi connectivity index (χ2n) is 3.92. The van der Waals surface area contributed by atoms with Crippen LogP contribution in [0, 0.1) is 0 Å². The van der Waals surface area contributed by atoms with E-state index >= 15 is 0 Å². The van der Waals surface area contributed by atoms with Crippen LogP contribution in [0.5, 0.6) is 5.75 Å². The van der Waals surface area contributed by atoms with Crippen molar-refractivity contribution in [2.24, 2.45) is 10.9 Å². The third-order valence-electron chi connectivity index (χ3n) is 2.52. The molecular formula is C12H18N4O3. The lowest BCUT2D eigenvalue weighted by molar-refractivity contribution is 0.223. The van der Waals surface area contributed by atoms with Crippen molar-refractivity contribution in [1.29, 1.82) is 0 Å². The van der Waals surface area contributed by atoms with Crippen molar-refractivity contribution in [2.75, 3.05) is 26.0 Å². The molecule has 19 heavy (non-hydrogen) atoms. The summed E-state index contributed by atoms with van der Waals surface area (Å²) >= 11 is 0. The van der Waals surface area contributed by atoms with E-state index in [-0.39, 0.29) is 11.9 Å². The zero-order valence-corrected chi connectivity index (χ0v) is 11.0. The number of hydrogen-bond donors (Lipinski definition) is 3. The molecule has 0 saturated heterocycles. The smallest absolute Gasteiger partial charge is 0.321 e. The molecule has 0 unspecified atom stereocenters. The molecule has 0 radical (unpaired) electrons. The monoisotopic (exact) mass is 266 g/mol. The second-order valence-corrected chi connectivity index (χ2v) is 3.92. The number of nitrogens with zero attached hydrogens (tertiary/aromatic N) is 2. The largest absolute Gasteiger partial charge is 0.497 e. The Hall–Kier alpha value is -2.44. The Morgan fingerprint density at radius 1 is 1.47 bits per heavy atom. The van der Waals surface area contributed by atoms with Crippen LogP contribution in [0.3, 0.4) is 0 Å². The van der Waals surface area contributed by atoms with Crippen LogP contribution < -0.4 is 15.8 Å². The summed E-state index contributed by atoms with van der Waals surface area (Å²) in [7, 11) is 3.21. The minimum absolute atomic E-state index is 0.0871. The molecule has 1 rings (SSSR count). The Bertz CT molecular complexity index is 445. The van der Waals surface area contributed by atoms with Gasteiger partial charge in [0, 0.05) is 25.7 Å². The van der Waals surface area contributed by atoms with Crippen LogP contribution in [0.25, 0.3) is 0 Å². The quantitative estimate of drug-likeness (QED) is 0.323. The molecule has 4 N–H and O–H groups in total. The molecule has 7 nitrogen and oxygen atoms in total. The number of rotatable bonds is 5. The summed E-state index contributed by atoms with van der Waals surface area (Å²) < 4.78 is 5.03. The third kappa shape index (κ3) is 4.74. The zero-order valence-electron chi connectivity index (χ0n) is 11.0. The Morgan fingerprint density at radius 2 is 2.11 bits per heavy atom. The maximum atomic E-state index is 11.8. The Kier molecular flexibility index (Phi) is 5.46. The number of benzene rings is 1. The minimum atomic E-state index is -0.268. The fourth-order valence-electron chi connectivity index (χ4n) is 1.33. The number of nitrogens with two attached hydrogens (primary N) is 1. The van der Waals surface area contributed by atoms with E-state index < -0.39 is 0 Å². The van der Waals surface area contributed by atoms with Gasteiger partial charge in [-0.1, -0.05) is 5.16 Å². The second kappa shape index (κ2) is 7.10. The number of carbonyl (C=O) groups excluding carboxylic acids is 1. The molecule has 0 bridgehead atoms. The van der Waals surface area contributed by atoms with E-state index in [1.165, 1.54) is 4.90 Å². The number of oxime groups is 1. The highest BCUT2D eigenvalue weighted by Crippen LogP contribution is 2.15. The number of carbonyl (C=O) groups is 1. The SMILES string of the molecule is COc1ccc(NC(=O)N(C)CC/C(N)=N/O)cc1. The van der Waals surface area contributed by atoms with Crippen LogP contribution in [-0.4, -0.2) is 42.7 Å². The van der Waals surface area contributed by atoms with E-state index in [2.05, 4.69) is 10.5 Å². The van der Waals surface area contributed by atoms with Crippen LogP contribution in [-0.2, 0) is 0 Å². The standard InChI is InChI=1S/C12H18N4O3/c1-16(8-7-11(13)15-18)12(17)14-9-3-5-10(19-2)6-4-9/h3-6,18H,7-8H2,1-2H3,(H2,13,15)(H,14,17). The summed E-state index contributed by atoms with van der Waals surface area (Å²) in [6.45, 7) is 0.359. The summed E-state index contributed by atoms with van der Waals surface area (Å²) in [5.74, 6) is 0.808. The maximum Gasteiger partial charge on any atom is 0.321 e. The molecule has 0 heterocycles. The number of amidine groups is 1. The van der Waals surface area contributed by atoms with Crippen LogP contribution >= 0.6 is 0 Å². The van der Waals surface area contributed by atoms with Crippen molar-refractivity contribution >= 4 is 17.6 Å². The average molecular weight is 266 g/mol. The third-order valence-corrected chi connectivity index (χ3v) is 2.52. The van der Waals surface area contributed by atoms with Gasteiger partial charge in [-0.15, -0.1) is 0 Å². The highest BCUT2D eigenvalue weighted by molar-refractivity contribution is 5.89. The van der Waals surface area contributed by atoms with Gasteiger partial charge in [-0.2, -0.15) is 0 Å². The summed E-state index contributed by atoms with van der Waals surface area (Å²) in [5.41, 5.74) is 6.00. The fourth-order valence-corrected chi connectivity index (χ4v) is 1.33. The molecule has 0 aromatic heterocycles. The highest BCUT2D eigenvalue weighted by Gasteiger charge is 2.09.